The van der Waals surface area contributed by atoms with Crippen LogP contribution in [0.5, 0.6) is 0 Å². The molecule has 0 bridgehead atoms. The second kappa shape index (κ2) is 3.79. The first-order valence-electron chi connectivity index (χ1n) is 4.92. The van der Waals surface area contributed by atoms with Crippen molar-refractivity contribution in [1.82, 2.24) is 0 Å². The molecule has 2 nitrogen and oxygen atoms in total. The third kappa shape index (κ3) is 2.22. The van der Waals surface area contributed by atoms with Crippen LogP contribution in [0.25, 0.3) is 0 Å². The number of nitrogens with one attached hydrogen (secondary N) is 1. The van der Waals surface area contributed by atoms with Crippen LogP contribution in [0.4, 0.5) is 5.69 Å². The quantitative estimate of drug-likeness (QED) is 0.734. The van der Waals surface area contributed by atoms with E-state index in [1.165, 1.54) is 18.5 Å². The maximum absolute atomic E-state index is 5.70. The molecule has 70 valence electrons. The fraction of sp³-hybridized carbons (Fsp3) is 0.455. The molecular weight excluding hydrogens is 160 g/mol. The Morgan fingerprint density at radius 3 is 2.54 bits per heavy atom. The van der Waals surface area contributed by atoms with Crippen LogP contribution in [-0.2, 0) is 0 Å². The largest absolute Gasteiger partial charge is 0.381 e. The van der Waals surface area contributed by atoms with Crippen LogP contribution in [0, 0.1) is 5.92 Å². The molecular formula is C11H16N2. The molecule has 0 saturated heterocycles. The average molecular weight is 176 g/mol. The highest BCUT2D eigenvalue weighted by atomic mass is 15.0. The van der Waals surface area contributed by atoms with Gasteiger partial charge in [0, 0.05) is 18.3 Å². The van der Waals surface area contributed by atoms with Crippen LogP contribution in [0.2, 0.25) is 0 Å². The lowest BCUT2D eigenvalue weighted by Crippen LogP contribution is -2.30. The molecule has 1 fully saturated rings. The lowest BCUT2D eigenvalue weighted by Gasteiger charge is -2.17. The molecule has 0 aromatic heterocycles. The number of nitrogens with two attached hydrogens (primary N) is 1. The van der Waals surface area contributed by atoms with Crippen molar-refractivity contribution in [3.63, 3.8) is 0 Å². The van der Waals surface area contributed by atoms with E-state index in [1.54, 1.807) is 0 Å². The lowest BCUT2D eigenvalue weighted by atomic mass is 10.1. The molecule has 13 heavy (non-hydrogen) atoms. The molecule has 1 aromatic carbocycles. The number of anilines is 1. The van der Waals surface area contributed by atoms with Crippen LogP contribution in [0.1, 0.15) is 12.8 Å². The molecule has 0 amide bonds. The molecule has 2 rings (SSSR count). The minimum atomic E-state index is 0.474. The van der Waals surface area contributed by atoms with E-state index in [1.807, 2.05) is 18.2 Å². The maximum Gasteiger partial charge on any atom is 0.0411 e. The monoisotopic (exact) mass is 176 g/mol. The molecule has 1 unspecified atom stereocenters. The van der Waals surface area contributed by atoms with Crippen molar-refractivity contribution in [1.29, 1.82) is 0 Å². The Morgan fingerprint density at radius 1 is 1.31 bits per heavy atom. The third-order valence-corrected chi connectivity index (χ3v) is 2.57. The summed E-state index contributed by atoms with van der Waals surface area (Å²) in [7, 11) is 0. The number of hydrogen-bond donors (Lipinski definition) is 2. The highest BCUT2D eigenvalue weighted by Crippen LogP contribution is 2.33. The van der Waals surface area contributed by atoms with Crippen molar-refractivity contribution in [2.45, 2.75) is 18.9 Å². The van der Waals surface area contributed by atoms with E-state index in [0.29, 0.717) is 6.04 Å². The molecule has 1 atom stereocenters. The first-order chi connectivity index (χ1) is 6.40. The Morgan fingerprint density at radius 2 is 2.00 bits per heavy atom. The fourth-order valence-electron chi connectivity index (χ4n) is 1.62. The van der Waals surface area contributed by atoms with Crippen LogP contribution in [0.15, 0.2) is 30.3 Å². The summed E-state index contributed by atoms with van der Waals surface area (Å²) < 4.78 is 0. The van der Waals surface area contributed by atoms with Crippen molar-refractivity contribution in [2.24, 2.45) is 11.7 Å². The van der Waals surface area contributed by atoms with Crippen molar-refractivity contribution >= 4 is 5.69 Å². The van der Waals surface area contributed by atoms with Gasteiger partial charge >= 0.3 is 0 Å². The van der Waals surface area contributed by atoms with E-state index in [-0.39, 0.29) is 0 Å². The van der Waals surface area contributed by atoms with Gasteiger partial charge in [-0.2, -0.15) is 0 Å². The van der Waals surface area contributed by atoms with E-state index in [9.17, 15) is 0 Å². The van der Waals surface area contributed by atoms with Gasteiger partial charge in [0.2, 0.25) is 0 Å². The standard InChI is InChI=1S/C11H16N2/c12-8-11(9-6-7-9)13-10-4-2-1-3-5-10/h1-5,9,11,13H,6-8,12H2. The summed E-state index contributed by atoms with van der Waals surface area (Å²) in [6.07, 6.45) is 2.67. The Kier molecular flexibility index (Phi) is 2.50. The molecule has 1 aliphatic rings. The highest BCUT2D eigenvalue weighted by Gasteiger charge is 2.29. The van der Waals surface area contributed by atoms with E-state index in [2.05, 4.69) is 17.4 Å². The first-order valence-corrected chi connectivity index (χ1v) is 4.92. The van der Waals surface area contributed by atoms with E-state index >= 15 is 0 Å². The van der Waals surface area contributed by atoms with Crippen molar-refractivity contribution in [2.75, 3.05) is 11.9 Å². The normalized spacial score (nSPS) is 18.2. The molecule has 1 aromatic rings. The zero-order valence-corrected chi connectivity index (χ0v) is 7.74. The summed E-state index contributed by atoms with van der Waals surface area (Å²) in [4.78, 5) is 0. The zero-order valence-electron chi connectivity index (χ0n) is 7.74. The Labute approximate surface area is 79.1 Å². The van der Waals surface area contributed by atoms with Crippen LogP contribution < -0.4 is 11.1 Å². The van der Waals surface area contributed by atoms with E-state index < -0.39 is 0 Å². The second-order valence-corrected chi connectivity index (χ2v) is 3.69. The minimum Gasteiger partial charge on any atom is -0.381 e. The van der Waals surface area contributed by atoms with Gasteiger partial charge in [-0.3, -0.25) is 0 Å². The molecule has 0 spiro atoms. The van der Waals surface area contributed by atoms with Crippen LogP contribution >= 0.6 is 0 Å². The Bertz CT molecular complexity index is 254. The van der Waals surface area contributed by atoms with Gasteiger partial charge in [-0.25, -0.2) is 0 Å². The van der Waals surface area contributed by atoms with Crippen molar-refractivity contribution in [3.05, 3.63) is 30.3 Å². The summed E-state index contributed by atoms with van der Waals surface area (Å²) in [5.74, 6) is 0.810. The smallest absolute Gasteiger partial charge is 0.0411 e. The van der Waals surface area contributed by atoms with Gasteiger partial charge < -0.3 is 11.1 Å². The summed E-state index contributed by atoms with van der Waals surface area (Å²) in [5.41, 5.74) is 6.88. The number of hydrogen-bond acceptors (Lipinski definition) is 2. The lowest BCUT2D eigenvalue weighted by molar-refractivity contribution is 0.645. The fourth-order valence-corrected chi connectivity index (χ4v) is 1.62. The SMILES string of the molecule is NCC(Nc1ccccc1)C1CC1. The van der Waals surface area contributed by atoms with Gasteiger partial charge in [0.25, 0.3) is 0 Å². The third-order valence-electron chi connectivity index (χ3n) is 2.57. The minimum absolute atomic E-state index is 0.474. The molecule has 3 N–H and O–H groups in total. The number of para-hydroxylation sites is 1. The van der Waals surface area contributed by atoms with Gasteiger partial charge in [0.05, 0.1) is 0 Å². The Hall–Kier alpha value is -1.02. The summed E-state index contributed by atoms with van der Waals surface area (Å²) in [6, 6.07) is 10.8. The van der Waals surface area contributed by atoms with E-state index in [0.717, 1.165) is 12.5 Å². The molecule has 0 radical (unpaired) electrons. The Balaban J connectivity index is 1.95. The van der Waals surface area contributed by atoms with Gasteiger partial charge in [0.1, 0.15) is 0 Å². The molecule has 1 saturated carbocycles. The summed E-state index contributed by atoms with van der Waals surface area (Å²) in [6.45, 7) is 0.736. The van der Waals surface area contributed by atoms with Crippen LogP contribution in [-0.4, -0.2) is 12.6 Å². The van der Waals surface area contributed by atoms with Gasteiger partial charge in [-0.1, -0.05) is 18.2 Å². The number of rotatable bonds is 4. The summed E-state index contributed by atoms with van der Waals surface area (Å²) >= 11 is 0. The highest BCUT2D eigenvalue weighted by molar-refractivity contribution is 5.43. The van der Waals surface area contributed by atoms with Crippen molar-refractivity contribution in [3.8, 4) is 0 Å². The zero-order chi connectivity index (χ0) is 9.10. The molecule has 0 heterocycles. The predicted molar refractivity (Wildman–Crippen MR) is 55.6 cm³/mol. The molecule has 1 aliphatic carbocycles. The first kappa shape index (κ1) is 8.57. The van der Waals surface area contributed by atoms with Gasteiger partial charge in [-0.15, -0.1) is 0 Å². The second-order valence-electron chi connectivity index (χ2n) is 3.69. The average Bonchev–Trinajstić information content (AvgIpc) is 2.99. The molecule has 0 aliphatic heterocycles. The van der Waals surface area contributed by atoms with Crippen molar-refractivity contribution < 1.29 is 0 Å². The van der Waals surface area contributed by atoms with Gasteiger partial charge in [-0.05, 0) is 30.9 Å². The van der Waals surface area contributed by atoms with Crippen LogP contribution in [0.3, 0.4) is 0 Å². The molecule has 2 heteroatoms. The number of benzene rings is 1. The van der Waals surface area contributed by atoms with E-state index in [4.69, 9.17) is 5.73 Å². The maximum atomic E-state index is 5.70. The predicted octanol–water partition coefficient (Wildman–Crippen LogP) is 1.84. The van der Waals surface area contributed by atoms with Gasteiger partial charge in [0.15, 0.2) is 0 Å². The topological polar surface area (TPSA) is 38.0 Å². The summed E-state index contributed by atoms with van der Waals surface area (Å²) in [5, 5.41) is 3.47.